The molecule has 1 aromatic carbocycles. The average molecular weight is 268 g/mol. The van der Waals surface area contributed by atoms with Gasteiger partial charge in [0, 0.05) is 24.2 Å². The van der Waals surface area contributed by atoms with Gasteiger partial charge in [-0.1, -0.05) is 0 Å². The number of amides is 1. The number of carbonyl (C=O) groups excluding carboxylic acids is 1. The lowest BCUT2D eigenvalue weighted by molar-refractivity contribution is -0.0864. The summed E-state index contributed by atoms with van der Waals surface area (Å²) in [5.74, 6) is -0.927. The van der Waals surface area contributed by atoms with Gasteiger partial charge in [-0.3, -0.25) is 4.79 Å². The highest BCUT2D eigenvalue weighted by Crippen LogP contribution is 2.10. The smallest absolute Gasteiger partial charge is 0.248 e. The molecule has 104 valence electrons. The molecule has 1 aliphatic rings. The molecule has 1 fully saturated rings. The molecule has 0 bridgehead atoms. The minimum absolute atomic E-state index is 0.0175. The summed E-state index contributed by atoms with van der Waals surface area (Å²) < 4.78 is 24.3. The van der Waals surface area contributed by atoms with Crippen LogP contribution in [0.15, 0.2) is 18.2 Å². The lowest BCUT2D eigenvalue weighted by Gasteiger charge is -2.23. The Morgan fingerprint density at radius 3 is 3.00 bits per heavy atom. The van der Waals surface area contributed by atoms with E-state index in [0.717, 1.165) is 0 Å². The maximum atomic E-state index is 13.6. The summed E-state index contributed by atoms with van der Waals surface area (Å²) in [5.41, 5.74) is 5.87. The molecule has 6 heteroatoms. The van der Waals surface area contributed by atoms with Crippen molar-refractivity contribution in [3.05, 3.63) is 35.1 Å². The maximum absolute atomic E-state index is 13.6. The van der Waals surface area contributed by atoms with Crippen molar-refractivity contribution in [3.8, 4) is 0 Å². The first-order valence-corrected chi connectivity index (χ1v) is 6.15. The van der Waals surface area contributed by atoms with E-state index >= 15 is 0 Å². The van der Waals surface area contributed by atoms with E-state index in [1.165, 1.54) is 18.2 Å². The van der Waals surface area contributed by atoms with Crippen molar-refractivity contribution < 1.29 is 18.7 Å². The Hall–Kier alpha value is -1.50. The van der Waals surface area contributed by atoms with Crippen molar-refractivity contribution in [2.45, 2.75) is 12.6 Å². The molecular formula is C13H17FN2O3. The van der Waals surface area contributed by atoms with Gasteiger partial charge in [0.2, 0.25) is 5.91 Å². The van der Waals surface area contributed by atoms with E-state index in [1.54, 1.807) is 0 Å². The topological polar surface area (TPSA) is 73.6 Å². The zero-order valence-electron chi connectivity index (χ0n) is 10.5. The number of hydrogen-bond acceptors (Lipinski definition) is 4. The van der Waals surface area contributed by atoms with Crippen LogP contribution in [0, 0.1) is 5.82 Å². The number of carbonyl (C=O) groups is 1. The fourth-order valence-corrected chi connectivity index (χ4v) is 1.89. The number of nitrogens with two attached hydrogens (primary N) is 1. The summed E-state index contributed by atoms with van der Waals surface area (Å²) in [6.07, 6.45) is -0.0175. The Kier molecular flexibility index (Phi) is 4.84. The van der Waals surface area contributed by atoms with Gasteiger partial charge in [0.05, 0.1) is 25.9 Å². The lowest BCUT2D eigenvalue weighted by Crippen LogP contribution is -2.37. The quantitative estimate of drug-likeness (QED) is 0.812. The zero-order chi connectivity index (χ0) is 13.7. The minimum atomic E-state index is -0.565. The predicted molar refractivity (Wildman–Crippen MR) is 67.2 cm³/mol. The number of hydrogen-bond donors (Lipinski definition) is 2. The summed E-state index contributed by atoms with van der Waals surface area (Å²) in [7, 11) is 0. The van der Waals surface area contributed by atoms with Crippen LogP contribution in [-0.2, 0) is 16.0 Å². The summed E-state index contributed by atoms with van der Waals surface area (Å²) >= 11 is 0. The molecule has 0 spiro atoms. The van der Waals surface area contributed by atoms with Crippen LogP contribution >= 0.6 is 0 Å². The van der Waals surface area contributed by atoms with Gasteiger partial charge in [0.25, 0.3) is 0 Å². The Bertz CT molecular complexity index is 448. The highest BCUT2D eigenvalue weighted by Gasteiger charge is 2.14. The number of primary amides is 1. The molecule has 1 aliphatic heterocycles. The van der Waals surface area contributed by atoms with Crippen LogP contribution in [0.5, 0.6) is 0 Å². The Morgan fingerprint density at radius 2 is 2.32 bits per heavy atom. The molecule has 19 heavy (non-hydrogen) atoms. The largest absolute Gasteiger partial charge is 0.376 e. The SMILES string of the molecule is NC(=O)c1ccc(F)c(CNCC2COCCO2)c1. The van der Waals surface area contributed by atoms with Crippen LogP contribution in [-0.4, -0.2) is 38.4 Å². The molecule has 0 radical (unpaired) electrons. The predicted octanol–water partition coefficient (Wildman–Crippen LogP) is 0.430. The van der Waals surface area contributed by atoms with Gasteiger partial charge in [0.1, 0.15) is 5.82 Å². The van der Waals surface area contributed by atoms with Crippen molar-refractivity contribution in [2.75, 3.05) is 26.4 Å². The molecule has 0 saturated carbocycles. The standard InChI is InChI=1S/C13H17FN2O3/c14-12-2-1-9(13(15)17)5-10(12)6-16-7-11-8-18-3-4-19-11/h1-2,5,11,16H,3-4,6-8H2,(H2,15,17). The van der Waals surface area contributed by atoms with Crippen molar-refractivity contribution in [1.29, 1.82) is 0 Å². The molecule has 5 nitrogen and oxygen atoms in total. The Balaban J connectivity index is 1.87. The van der Waals surface area contributed by atoms with Crippen LogP contribution in [0.3, 0.4) is 0 Å². The van der Waals surface area contributed by atoms with E-state index in [2.05, 4.69) is 5.32 Å². The van der Waals surface area contributed by atoms with Gasteiger partial charge in [-0.15, -0.1) is 0 Å². The molecule has 0 aliphatic carbocycles. The summed E-state index contributed by atoms with van der Waals surface area (Å²) in [5, 5.41) is 3.08. The third kappa shape index (κ3) is 3.99. The molecular weight excluding hydrogens is 251 g/mol. The van der Waals surface area contributed by atoms with Crippen LogP contribution in [0.1, 0.15) is 15.9 Å². The third-order valence-electron chi connectivity index (χ3n) is 2.90. The summed E-state index contributed by atoms with van der Waals surface area (Å²) in [6.45, 7) is 2.62. The van der Waals surface area contributed by atoms with Gasteiger partial charge in [-0.25, -0.2) is 4.39 Å². The molecule has 1 heterocycles. The van der Waals surface area contributed by atoms with Gasteiger partial charge in [0.15, 0.2) is 0 Å². The third-order valence-corrected chi connectivity index (χ3v) is 2.90. The molecule has 0 aromatic heterocycles. The fraction of sp³-hybridized carbons (Fsp3) is 0.462. The minimum Gasteiger partial charge on any atom is -0.376 e. The van der Waals surface area contributed by atoms with Gasteiger partial charge >= 0.3 is 0 Å². The van der Waals surface area contributed by atoms with E-state index in [4.69, 9.17) is 15.2 Å². The Labute approximate surface area is 110 Å². The second kappa shape index (κ2) is 6.60. The average Bonchev–Trinajstić information content (AvgIpc) is 2.42. The first-order valence-electron chi connectivity index (χ1n) is 6.15. The zero-order valence-corrected chi connectivity index (χ0v) is 10.5. The monoisotopic (exact) mass is 268 g/mol. The first-order chi connectivity index (χ1) is 9.16. The van der Waals surface area contributed by atoms with E-state index in [0.29, 0.717) is 44.0 Å². The van der Waals surface area contributed by atoms with E-state index in [1.807, 2.05) is 0 Å². The van der Waals surface area contributed by atoms with E-state index < -0.39 is 5.91 Å². The Morgan fingerprint density at radius 1 is 1.47 bits per heavy atom. The molecule has 3 N–H and O–H groups in total. The number of benzene rings is 1. The second-order valence-electron chi connectivity index (χ2n) is 4.37. The number of ether oxygens (including phenoxy) is 2. The molecule has 1 unspecified atom stereocenters. The lowest BCUT2D eigenvalue weighted by atomic mass is 10.1. The van der Waals surface area contributed by atoms with Crippen molar-refractivity contribution in [1.82, 2.24) is 5.32 Å². The normalized spacial score (nSPS) is 19.3. The van der Waals surface area contributed by atoms with Crippen LogP contribution < -0.4 is 11.1 Å². The van der Waals surface area contributed by atoms with Crippen LogP contribution in [0.25, 0.3) is 0 Å². The fourth-order valence-electron chi connectivity index (χ4n) is 1.89. The number of rotatable bonds is 5. The number of nitrogens with one attached hydrogen (secondary N) is 1. The molecule has 1 atom stereocenters. The number of halogens is 1. The van der Waals surface area contributed by atoms with Gasteiger partial charge in [-0.2, -0.15) is 0 Å². The van der Waals surface area contributed by atoms with Crippen molar-refractivity contribution >= 4 is 5.91 Å². The van der Waals surface area contributed by atoms with E-state index in [9.17, 15) is 9.18 Å². The molecule has 1 saturated heterocycles. The highest BCUT2D eigenvalue weighted by atomic mass is 19.1. The molecule has 1 aromatic rings. The second-order valence-corrected chi connectivity index (χ2v) is 4.37. The highest BCUT2D eigenvalue weighted by molar-refractivity contribution is 5.92. The van der Waals surface area contributed by atoms with Crippen molar-refractivity contribution in [3.63, 3.8) is 0 Å². The summed E-state index contributed by atoms with van der Waals surface area (Å²) in [4.78, 5) is 11.0. The van der Waals surface area contributed by atoms with Crippen molar-refractivity contribution in [2.24, 2.45) is 5.73 Å². The first kappa shape index (κ1) is 13.9. The van der Waals surface area contributed by atoms with Crippen LogP contribution in [0.4, 0.5) is 4.39 Å². The van der Waals surface area contributed by atoms with E-state index in [-0.39, 0.29) is 11.9 Å². The molecule has 2 rings (SSSR count). The maximum Gasteiger partial charge on any atom is 0.248 e. The van der Waals surface area contributed by atoms with Gasteiger partial charge in [-0.05, 0) is 18.2 Å². The molecule has 1 amide bonds. The van der Waals surface area contributed by atoms with Crippen LogP contribution in [0.2, 0.25) is 0 Å². The summed E-state index contributed by atoms with van der Waals surface area (Å²) in [6, 6.07) is 4.08. The van der Waals surface area contributed by atoms with Gasteiger partial charge < -0.3 is 20.5 Å².